The minimum Gasteiger partial charge on any atom is -0.467 e. The summed E-state index contributed by atoms with van der Waals surface area (Å²) in [6, 6.07) is 7.51. The van der Waals surface area contributed by atoms with Crippen molar-refractivity contribution in [1.29, 1.82) is 0 Å². The first-order chi connectivity index (χ1) is 10.9. The van der Waals surface area contributed by atoms with Crippen molar-refractivity contribution in [2.75, 3.05) is 7.11 Å². The topological polar surface area (TPSA) is 88.3 Å². The van der Waals surface area contributed by atoms with E-state index >= 15 is 0 Å². The van der Waals surface area contributed by atoms with Crippen molar-refractivity contribution < 1.29 is 14.3 Å². The van der Waals surface area contributed by atoms with E-state index in [4.69, 9.17) is 4.74 Å². The molecule has 1 amide bonds. The van der Waals surface area contributed by atoms with Crippen LogP contribution in [-0.4, -0.2) is 30.0 Å². The molecule has 23 heavy (non-hydrogen) atoms. The van der Waals surface area contributed by atoms with E-state index < -0.39 is 17.9 Å². The van der Waals surface area contributed by atoms with Gasteiger partial charge in [0.2, 0.25) is 5.56 Å². The number of methoxy groups -OCH3 is 1. The Hall–Kier alpha value is -2.63. The molecule has 0 aliphatic rings. The molecule has 0 aliphatic heterocycles. The highest BCUT2D eigenvalue weighted by molar-refractivity contribution is 6.06. The quantitative estimate of drug-likeness (QED) is 0.824. The van der Waals surface area contributed by atoms with Crippen LogP contribution in [0.3, 0.4) is 0 Å². The summed E-state index contributed by atoms with van der Waals surface area (Å²) in [6.45, 7) is 3.90. The molecule has 0 fully saturated rings. The van der Waals surface area contributed by atoms with Gasteiger partial charge in [0.25, 0.3) is 5.91 Å². The SMILES string of the molecule is COC(=O)[C@@H](CC(C)C)NC(=O)c1cc(=O)[nH]c2ccccc12. The maximum absolute atomic E-state index is 12.6. The first-order valence-corrected chi connectivity index (χ1v) is 7.43. The van der Waals surface area contributed by atoms with Gasteiger partial charge >= 0.3 is 5.97 Å². The lowest BCUT2D eigenvalue weighted by molar-refractivity contribution is -0.143. The van der Waals surface area contributed by atoms with Gasteiger partial charge in [-0.15, -0.1) is 0 Å². The third-order valence-electron chi connectivity index (χ3n) is 3.49. The van der Waals surface area contributed by atoms with Crippen LogP contribution in [-0.2, 0) is 9.53 Å². The van der Waals surface area contributed by atoms with E-state index in [0.29, 0.717) is 17.3 Å². The Morgan fingerprint density at radius 1 is 1.26 bits per heavy atom. The molecule has 1 aromatic carbocycles. The molecule has 122 valence electrons. The minimum absolute atomic E-state index is 0.204. The van der Waals surface area contributed by atoms with Gasteiger partial charge in [-0.3, -0.25) is 9.59 Å². The zero-order valence-electron chi connectivity index (χ0n) is 13.4. The van der Waals surface area contributed by atoms with Crippen molar-refractivity contribution in [2.45, 2.75) is 26.3 Å². The van der Waals surface area contributed by atoms with Crippen LogP contribution < -0.4 is 10.9 Å². The van der Waals surface area contributed by atoms with Gasteiger partial charge in [0.05, 0.1) is 12.7 Å². The van der Waals surface area contributed by atoms with E-state index in [1.165, 1.54) is 13.2 Å². The molecule has 0 aliphatic carbocycles. The summed E-state index contributed by atoms with van der Waals surface area (Å²) in [7, 11) is 1.28. The number of H-pyrrole nitrogens is 1. The lowest BCUT2D eigenvalue weighted by Gasteiger charge is -2.18. The van der Waals surface area contributed by atoms with Gasteiger partial charge in [0.15, 0.2) is 0 Å². The highest BCUT2D eigenvalue weighted by atomic mass is 16.5. The molecular weight excluding hydrogens is 296 g/mol. The predicted molar refractivity (Wildman–Crippen MR) is 87.3 cm³/mol. The number of nitrogens with one attached hydrogen (secondary N) is 2. The van der Waals surface area contributed by atoms with Crippen molar-refractivity contribution in [3.8, 4) is 0 Å². The van der Waals surface area contributed by atoms with Gasteiger partial charge in [-0.2, -0.15) is 0 Å². The molecule has 2 aromatic rings. The number of ether oxygens (including phenoxy) is 1. The number of carbonyl (C=O) groups excluding carboxylic acids is 2. The number of rotatable bonds is 5. The smallest absolute Gasteiger partial charge is 0.328 e. The molecule has 0 radical (unpaired) electrons. The second kappa shape index (κ2) is 7.09. The van der Waals surface area contributed by atoms with Gasteiger partial charge in [-0.1, -0.05) is 32.0 Å². The van der Waals surface area contributed by atoms with Crippen LogP contribution in [0, 0.1) is 5.92 Å². The van der Waals surface area contributed by atoms with E-state index in [1.54, 1.807) is 24.3 Å². The van der Waals surface area contributed by atoms with Crippen molar-refractivity contribution in [1.82, 2.24) is 10.3 Å². The number of fused-ring (bicyclic) bond motifs is 1. The minimum atomic E-state index is -0.745. The molecule has 1 aromatic heterocycles. The standard InChI is InChI=1S/C17H20N2O4/c1-10(2)8-14(17(22)23-3)19-16(21)12-9-15(20)18-13-7-5-4-6-11(12)13/h4-7,9-10,14H,8H2,1-3H3,(H,18,20)(H,19,21)/t14-/m1/s1. The van der Waals surface area contributed by atoms with Gasteiger partial charge < -0.3 is 15.0 Å². The molecule has 1 atom stereocenters. The maximum atomic E-state index is 12.6. The van der Waals surface area contributed by atoms with Crippen molar-refractivity contribution >= 4 is 22.8 Å². The van der Waals surface area contributed by atoms with Crippen LogP contribution in [0.1, 0.15) is 30.6 Å². The zero-order chi connectivity index (χ0) is 17.0. The lowest BCUT2D eigenvalue weighted by atomic mass is 10.0. The largest absolute Gasteiger partial charge is 0.467 e. The van der Waals surface area contributed by atoms with Crippen LogP contribution in [0.15, 0.2) is 35.1 Å². The predicted octanol–water partition coefficient (Wildman–Crippen LogP) is 1.85. The molecule has 6 heteroatoms. The zero-order valence-corrected chi connectivity index (χ0v) is 13.4. The van der Waals surface area contributed by atoms with Gasteiger partial charge in [0, 0.05) is 17.0 Å². The van der Waals surface area contributed by atoms with Crippen molar-refractivity contribution in [2.24, 2.45) is 5.92 Å². The number of hydrogen-bond donors (Lipinski definition) is 2. The van der Waals surface area contributed by atoms with Gasteiger partial charge in [0.1, 0.15) is 6.04 Å². The number of para-hydroxylation sites is 1. The summed E-state index contributed by atoms with van der Waals surface area (Å²) in [4.78, 5) is 38.8. The van der Waals surface area contributed by atoms with Gasteiger partial charge in [-0.25, -0.2) is 4.79 Å². The Labute approximate surface area is 133 Å². The average molecular weight is 316 g/mol. The molecule has 6 nitrogen and oxygen atoms in total. The summed E-state index contributed by atoms with van der Waals surface area (Å²) in [5.74, 6) is -0.764. The first kappa shape index (κ1) is 16.7. The highest BCUT2D eigenvalue weighted by Gasteiger charge is 2.24. The summed E-state index contributed by atoms with van der Waals surface area (Å²) in [5.41, 5.74) is 0.443. The van der Waals surface area contributed by atoms with E-state index in [2.05, 4.69) is 10.3 Å². The summed E-state index contributed by atoms with van der Waals surface area (Å²) >= 11 is 0. The molecule has 2 rings (SSSR count). The van der Waals surface area contributed by atoms with Crippen LogP contribution in [0.4, 0.5) is 0 Å². The van der Waals surface area contributed by atoms with E-state index in [-0.39, 0.29) is 17.0 Å². The Morgan fingerprint density at radius 3 is 2.61 bits per heavy atom. The Bertz CT molecular complexity index is 780. The fraction of sp³-hybridized carbons (Fsp3) is 0.353. The molecule has 1 heterocycles. The number of carbonyl (C=O) groups is 2. The summed E-state index contributed by atoms with van der Waals surface area (Å²) < 4.78 is 4.74. The monoisotopic (exact) mass is 316 g/mol. The third kappa shape index (κ3) is 3.97. The van der Waals surface area contributed by atoms with Gasteiger partial charge in [-0.05, 0) is 18.4 Å². The number of aromatic amines is 1. The van der Waals surface area contributed by atoms with E-state index in [0.717, 1.165) is 0 Å². The third-order valence-corrected chi connectivity index (χ3v) is 3.49. The molecule has 0 bridgehead atoms. The number of hydrogen-bond acceptors (Lipinski definition) is 4. The summed E-state index contributed by atoms with van der Waals surface area (Å²) in [5, 5.41) is 3.29. The number of aromatic nitrogens is 1. The van der Waals surface area contributed by atoms with E-state index in [1.807, 2.05) is 13.8 Å². The van der Waals surface area contributed by atoms with Crippen LogP contribution in [0.5, 0.6) is 0 Å². The van der Waals surface area contributed by atoms with Crippen LogP contribution >= 0.6 is 0 Å². The molecule has 2 N–H and O–H groups in total. The highest BCUT2D eigenvalue weighted by Crippen LogP contribution is 2.15. The average Bonchev–Trinajstić information content (AvgIpc) is 2.52. The number of pyridine rings is 1. The Morgan fingerprint density at radius 2 is 1.96 bits per heavy atom. The normalized spacial score (nSPS) is 12.2. The molecule has 0 unspecified atom stereocenters. The van der Waals surface area contributed by atoms with E-state index in [9.17, 15) is 14.4 Å². The number of esters is 1. The molecule has 0 saturated carbocycles. The van der Waals surface area contributed by atoms with Crippen LogP contribution in [0.25, 0.3) is 10.9 Å². The number of benzene rings is 1. The Balaban J connectivity index is 2.36. The lowest BCUT2D eigenvalue weighted by Crippen LogP contribution is -2.42. The first-order valence-electron chi connectivity index (χ1n) is 7.43. The maximum Gasteiger partial charge on any atom is 0.328 e. The summed E-state index contributed by atoms with van der Waals surface area (Å²) in [6.07, 6.45) is 0.458. The fourth-order valence-electron chi connectivity index (χ4n) is 2.46. The second-order valence-corrected chi connectivity index (χ2v) is 5.77. The molecule has 0 saturated heterocycles. The van der Waals surface area contributed by atoms with Crippen molar-refractivity contribution in [3.63, 3.8) is 0 Å². The van der Waals surface area contributed by atoms with Crippen LogP contribution in [0.2, 0.25) is 0 Å². The number of amides is 1. The Kier molecular flexibility index (Phi) is 5.16. The molecular formula is C17H20N2O4. The van der Waals surface area contributed by atoms with Crippen molar-refractivity contribution in [3.05, 3.63) is 46.2 Å². The fourth-order valence-corrected chi connectivity index (χ4v) is 2.46. The molecule has 0 spiro atoms. The second-order valence-electron chi connectivity index (χ2n) is 5.77.